The lowest BCUT2D eigenvalue weighted by Crippen LogP contribution is -2.33. The molecule has 8 nitrogen and oxygen atoms in total. The minimum Gasteiger partial charge on any atom is -0.382 e. The molecular formula is C17H18N6O2. The van der Waals surface area contributed by atoms with Gasteiger partial charge in [-0.15, -0.1) is 0 Å². The second-order valence-corrected chi connectivity index (χ2v) is 6.29. The molecule has 3 heterocycles. The van der Waals surface area contributed by atoms with E-state index in [2.05, 4.69) is 20.1 Å². The summed E-state index contributed by atoms with van der Waals surface area (Å²) in [5.74, 6) is 0.929. The summed E-state index contributed by atoms with van der Waals surface area (Å²) >= 11 is 0. The lowest BCUT2D eigenvalue weighted by atomic mass is 9.93. The van der Waals surface area contributed by atoms with E-state index >= 15 is 0 Å². The van der Waals surface area contributed by atoms with Crippen LogP contribution in [0.4, 0.5) is 17.2 Å². The van der Waals surface area contributed by atoms with Gasteiger partial charge in [-0.05, 0) is 25.0 Å². The summed E-state index contributed by atoms with van der Waals surface area (Å²) in [4.78, 5) is 17.2. The Kier molecular flexibility index (Phi) is 3.72. The van der Waals surface area contributed by atoms with Crippen LogP contribution in [0.25, 0.3) is 10.8 Å². The number of benzene rings is 1. The molecule has 0 spiro atoms. The summed E-state index contributed by atoms with van der Waals surface area (Å²) in [6, 6.07) is 7.16. The van der Waals surface area contributed by atoms with Crippen LogP contribution in [0.1, 0.15) is 24.5 Å². The first-order valence-corrected chi connectivity index (χ1v) is 8.20. The number of hydrogen-bond donors (Lipinski definition) is 2. The number of nitrogens with one attached hydrogen (secondary N) is 1. The Morgan fingerprint density at radius 1 is 1.24 bits per heavy atom. The molecule has 0 saturated carbocycles. The predicted octanol–water partition coefficient (Wildman–Crippen LogP) is 2.83. The van der Waals surface area contributed by atoms with Gasteiger partial charge in [0.1, 0.15) is 5.82 Å². The highest BCUT2D eigenvalue weighted by molar-refractivity contribution is 5.99. The number of nitro groups is 1. The van der Waals surface area contributed by atoms with Crippen molar-refractivity contribution >= 4 is 28.0 Å². The maximum Gasteiger partial charge on any atom is 0.278 e. The fourth-order valence-electron chi connectivity index (χ4n) is 3.59. The quantitative estimate of drug-likeness (QED) is 0.560. The molecule has 1 aliphatic heterocycles. The van der Waals surface area contributed by atoms with E-state index in [0.29, 0.717) is 17.1 Å². The van der Waals surface area contributed by atoms with E-state index in [1.807, 2.05) is 18.2 Å². The average molecular weight is 338 g/mol. The molecule has 128 valence electrons. The molecule has 0 atom stereocenters. The smallest absolute Gasteiger partial charge is 0.278 e. The molecule has 0 radical (unpaired) electrons. The first-order valence-electron chi connectivity index (χ1n) is 8.20. The molecule has 1 aromatic carbocycles. The SMILES string of the molecule is Nc1cc(C2CCN(c3ccc([N+](=O)[O-])c4cnccc34)CC2)[nH]n1. The highest BCUT2D eigenvalue weighted by atomic mass is 16.6. The summed E-state index contributed by atoms with van der Waals surface area (Å²) < 4.78 is 0. The zero-order valence-electron chi connectivity index (χ0n) is 13.6. The molecule has 0 amide bonds. The van der Waals surface area contributed by atoms with Gasteiger partial charge in [0.2, 0.25) is 0 Å². The van der Waals surface area contributed by atoms with Gasteiger partial charge in [-0.3, -0.25) is 20.2 Å². The van der Waals surface area contributed by atoms with E-state index in [0.717, 1.165) is 42.7 Å². The number of aromatic nitrogens is 3. The van der Waals surface area contributed by atoms with E-state index < -0.39 is 0 Å². The number of piperidine rings is 1. The van der Waals surface area contributed by atoms with Crippen molar-refractivity contribution in [2.45, 2.75) is 18.8 Å². The average Bonchev–Trinajstić information content (AvgIpc) is 3.07. The number of nitrogens with zero attached hydrogens (tertiary/aromatic N) is 4. The molecule has 2 aromatic heterocycles. The van der Waals surface area contributed by atoms with E-state index in [4.69, 9.17) is 5.73 Å². The zero-order chi connectivity index (χ0) is 17.4. The van der Waals surface area contributed by atoms with Gasteiger partial charge in [0.15, 0.2) is 0 Å². The van der Waals surface area contributed by atoms with Crippen LogP contribution in [-0.4, -0.2) is 33.2 Å². The number of hydrogen-bond acceptors (Lipinski definition) is 6. The van der Waals surface area contributed by atoms with Crippen molar-refractivity contribution < 1.29 is 4.92 Å². The Morgan fingerprint density at radius 2 is 2.04 bits per heavy atom. The summed E-state index contributed by atoms with van der Waals surface area (Å²) in [6.07, 6.45) is 5.20. The fourth-order valence-corrected chi connectivity index (χ4v) is 3.59. The molecular weight excluding hydrogens is 320 g/mol. The molecule has 0 bridgehead atoms. The lowest BCUT2D eigenvalue weighted by molar-refractivity contribution is -0.383. The number of pyridine rings is 1. The van der Waals surface area contributed by atoms with Crippen molar-refractivity contribution in [3.8, 4) is 0 Å². The largest absolute Gasteiger partial charge is 0.382 e. The Bertz CT molecular complexity index is 930. The fraction of sp³-hybridized carbons (Fsp3) is 0.294. The number of anilines is 2. The summed E-state index contributed by atoms with van der Waals surface area (Å²) in [7, 11) is 0. The van der Waals surface area contributed by atoms with Gasteiger partial charge >= 0.3 is 0 Å². The van der Waals surface area contributed by atoms with Crippen LogP contribution >= 0.6 is 0 Å². The van der Waals surface area contributed by atoms with E-state index in [9.17, 15) is 10.1 Å². The van der Waals surface area contributed by atoms with Crippen LogP contribution in [0.2, 0.25) is 0 Å². The van der Waals surface area contributed by atoms with Crippen molar-refractivity contribution in [2.24, 2.45) is 0 Å². The summed E-state index contributed by atoms with van der Waals surface area (Å²) in [6.45, 7) is 1.75. The molecule has 0 aliphatic carbocycles. The zero-order valence-corrected chi connectivity index (χ0v) is 13.6. The molecule has 4 rings (SSSR count). The van der Waals surface area contributed by atoms with Crippen LogP contribution < -0.4 is 10.6 Å². The van der Waals surface area contributed by atoms with Crippen LogP contribution in [0.3, 0.4) is 0 Å². The number of H-pyrrole nitrogens is 1. The first kappa shape index (κ1) is 15.4. The Labute approximate surface area is 143 Å². The maximum absolute atomic E-state index is 11.2. The Hall–Kier alpha value is -3.16. The highest BCUT2D eigenvalue weighted by Gasteiger charge is 2.24. The minimum atomic E-state index is -0.358. The van der Waals surface area contributed by atoms with Gasteiger partial charge in [0.05, 0.1) is 10.3 Å². The van der Waals surface area contributed by atoms with E-state index in [-0.39, 0.29) is 10.6 Å². The van der Waals surface area contributed by atoms with E-state index in [1.165, 1.54) is 0 Å². The van der Waals surface area contributed by atoms with Crippen molar-refractivity contribution in [1.29, 1.82) is 0 Å². The molecule has 1 aliphatic rings. The molecule has 3 aromatic rings. The second-order valence-electron chi connectivity index (χ2n) is 6.29. The normalized spacial score (nSPS) is 15.6. The number of fused-ring (bicyclic) bond motifs is 1. The molecule has 1 fully saturated rings. The van der Waals surface area contributed by atoms with Crippen LogP contribution in [0.15, 0.2) is 36.7 Å². The standard InChI is InChI=1S/C17H18N6O2/c18-17-9-14(20-21-17)11-4-7-22(8-5-11)15-1-2-16(23(24)25)13-10-19-6-3-12(13)15/h1-3,6,9-11H,4-5,7-8H2,(H3,18,20,21). The van der Waals surface area contributed by atoms with Crippen LogP contribution in [0, 0.1) is 10.1 Å². The maximum atomic E-state index is 11.2. The van der Waals surface area contributed by atoms with Crippen molar-refractivity contribution in [1.82, 2.24) is 15.2 Å². The summed E-state index contributed by atoms with van der Waals surface area (Å²) in [5, 5.41) is 19.7. The second kappa shape index (κ2) is 6.04. The van der Waals surface area contributed by atoms with E-state index in [1.54, 1.807) is 18.5 Å². The third-order valence-electron chi connectivity index (χ3n) is 4.86. The monoisotopic (exact) mass is 338 g/mol. The number of nitrogen functional groups attached to an aromatic ring is 1. The van der Waals surface area contributed by atoms with Gasteiger partial charge in [-0.2, -0.15) is 5.10 Å². The van der Waals surface area contributed by atoms with Crippen molar-refractivity contribution in [3.63, 3.8) is 0 Å². The molecule has 25 heavy (non-hydrogen) atoms. The highest BCUT2D eigenvalue weighted by Crippen LogP contribution is 2.36. The van der Waals surface area contributed by atoms with Crippen molar-refractivity contribution in [2.75, 3.05) is 23.7 Å². The topological polar surface area (TPSA) is 114 Å². The molecule has 0 unspecified atom stereocenters. The Morgan fingerprint density at radius 3 is 2.72 bits per heavy atom. The lowest BCUT2D eigenvalue weighted by Gasteiger charge is -2.33. The third kappa shape index (κ3) is 2.75. The molecule has 1 saturated heterocycles. The minimum absolute atomic E-state index is 0.0923. The molecule has 3 N–H and O–H groups in total. The van der Waals surface area contributed by atoms with Crippen LogP contribution in [0.5, 0.6) is 0 Å². The van der Waals surface area contributed by atoms with Gasteiger partial charge in [0.25, 0.3) is 5.69 Å². The number of aromatic amines is 1. The number of rotatable bonds is 3. The predicted molar refractivity (Wildman–Crippen MR) is 95.6 cm³/mol. The van der Waals surface area contributed by atoms with Crippen LogP contribution in [-0.2, 0) is 0 Å². The third-order valence-corrected chi connectivity index (χ3v) is 4.86. The number of nitrogens with two attached hydrogens (primary N) is 1. The van der Waals surface area contributed by atoms with Gasteiger partial charge in [-0.25, -0.2) is 0 Å². The Balaban J connectivity index is 1.61. The number of non-ortho nitro benzene ring substituents is 1. The summed E-state index contributed by atoms with van der Waals surface area (Å²) in [5.41, 5.74) is 7.88. The van der Waals surface area contributed by atoms with Gasteiger partial charge in [0, 0.05) is 60.3 Å². The van der Waals surface area contributed by atoms with Gasteiger partial charge < -0.3 is 10.6 Å². The van der Waals surface area contributed by atoms with Crippen molar-refractivity contribution in [3.05, 3.63) is 52.5 Å². The number of nitro benzene ring substituents is 1. The van der Waals surface area contributed by atoms with Gasteiger partial charge in [-0.1, -0.05) is 0 Å². The molecule has 8 heteroatoms. The first-order chi connectivity index (χ1) is 12.1.